The van der Waals surface area contributed by atoms with Crippen LogP contribution in [0.3, 0.4) is 0 Å². The average Bonchev–Trinajstić information content (AvgIpc) is 3.36. The number of piperidine rings is 1. The summed E-state index contributed by atoms with van der Waals surface area (Å²) in [5.41, 5.74) is 1.13. The van der Waals surface area contributed by atoms with Crippen LogP contribution in [0.5, 0.6) is 0 Å². The number of carbonyl (C=O) groups is 4. The van der Waals surface area contributed by atoms with E-state index in [1.165, 1.54) is 30.6 Å². The Bertz CT molecular complexity index is 1190. The molecule has 1 aromatic heterocycles. The summed E-state index contributed by atoms with van der Waals surface area (Å²) in [7, 11) is 0. The second kappa shape index (κ2) is 12.5. The molecule has 0 bridgehead atoms. The SMILES string of the molecule is CC1(C)C[C@@H]1C(=O)N1CC2(CN(C(=O)c3cncs3)C[C@H]2C(=O)N[C@@H](COCC2CCCCC2)C(=O)N2CCCCC2)C1. The van der Waals surface area contributed by atoms with E-state index in [2.05, 4.69) is 24.1 Å². The van der Waals surface area contributed by atoms with Crippen LogP contribution in [0.15, 0.2) is 11.7 Å². The molecular weight excluding hydrogens is 566 g/mol. The zero-order valence-corrected chi connectivity index (χ0v) is 26.5. The summed E-state index contributed by atoms with van der Waals surface area (Å²) in [6.07, 6.45) is 11.5. The summed E-state index contributed by atoms with van der Waals surface area (Å²) in [5, 5.41) is 3.10. The zero-order valence-electron chi connectivity index (χ0n) is 25.7. The number of hydrogen-bond donors (Lipinski definition) is 1. The molecule has 5 aliphatic rings. The predicted molar refractivity (Wildman–Crippen MR) is 162 cm³/mol. The van der Waals surface area contributed by atoms with Crippen LogP contribution in [0, 0.1) is 28.6 Å². The van der Waals surface area contributed by atoms with Crippen molar-refractivity contribution >= 4 is 35.0 Å². The molecular formula is C32H47N5O5S. The van der Waals surface area contributed by atoms with Crippen LogP contribution in [0.4, 0.5) is 0 Å². The summed E-state index contributed by atoms with van der Waals surface area (Å²) in [6.45, 7) is 7.96. The Morgan fingerprint density at radius 2 is 1.65 bits per heavy atom. The predicted octanol–water partition coefficient (Wildman–Crippen LogP) is 3.18. The number of amides is 4. The number of likely N-dealkylation sites (tertiary alicyclic amines) is 3. The third kappa shape index (κ3) is 6.48. The minimum absolute atomic E-state index is 0.0279. The van der Waals surface area contributed by atoms with Gasteiger partial charge in [0.2, 0.25) is 17.7 Å². The fourth-order valence-corrected chi connectivity index (χ4v) is 8.34. The molecule has 3 aliphatic heterocycles. The van der Waals surface area contributed by atoms with Gasteiger partial charge in [-0.1, -0.05) is 33.1 Å². The third-order valence-corrected chi connectivity index (χ3v) is 11.4. The highest BCUT2D eigenvalue weighted by Gasteiger charge is 2.62. The molecule has 3 saturated heterocycles. The fraction of sp³-hybridized carbons (Fsp3) is 0.781. The minimum atomic E-state index is -0.762. The topological polar surface area (TPSA) is 112 Å². The molecule has 2 saturated carbocycles. The number of hydrogen-bond acceptors (Lipinski definition) is 7. The van der Waals surface area contributed by atoms with E-state index in [-0.39, 0.29) is 48.1 Å². The first-order valence-electron chi connectivity index (χ1n) is 16.3. The Balaban J connectivity index is 1.16. The second-order valence-electron chi connectivity index (χ2n) is 14.4. The molecule has 4 amide bonds. The third-order valence-electron chi connectivity index (χ3n) is 10.7. The monoisotopic (exact) mass is 613 g/mol. The van der Waals surface area contributed by atoms with Gasteiger partial charge in [0.25, 0.3) is 5.91 Å². The average molecular weight is 614 g/mol. The second-order valence-corrected chi connectivity index (χ2v) is 15.3. The van der Waals surface area contributed by atoms with E-state index >= 15 is 0 Å². The molecule has 0 radical (unpaired) electrons. The van der Waals surface area contributed by atoms with Crippen LogP contribution in [-0.4, -0.2) is 102 Å². The lowest BCUT2D eigenvalue weighted by Crippen LogP contribution is -2.65. The van der Waals surface area contributed by atoms with E-state index in [0.717, 1.165) is 38.5 Å². The zero-order chi connectivity index (χ0) is 30.2. The molecule has 1 aromatic rings. The molecule has 4 heterocycles. The molecule has 43 heavy (non-hydrogen) atoms. The summed E-state index contributed by atoms with van der Waals surface area (Å²) in [4.78, 5) is 64.4. The number of rotatable bonds is 9. The molecule has 1 spiro atoms. The quantitative estimate of drug-likeness (QED) is 0.458. The standard InChI is InChI=1S/C32H47N5O5S/c1-31(2)13-23(31)28(39)37-19-32(20-37)18-36(30(41)26-14-33-21-43-26)15-24(32)27(38)34-25(29(40)35-11-7-4-8-12-35)17-42-16-22-9-5-3-6-10-22/h14,21-25H,3-13,15-20H2,1-2H3,(H,34,38)/t23-,24+,25+/m1/s1. The van der Waals surface area contributed by atoms with Crippen molar-refractivity contribution in [1.82, 2.24) is 25.0 Å². The van der Waals surface area contributed by atoms with Crippen LogP contribution in [0.2, 0.25) is 0 Å². The van der Waals surface area contributed by atoms with Gasteiger partial charge in [0.15, 0.2) is 0 Å². The molecule has 5 fully saturated rings. The molecule has 2 aliphatic carbocycles. The van der Waals surface area contributed by atoms with Crippen molar-refractivity contribution in [3.8, 4) is 0 Å². The summed E-state index contributed by atoms with van der Waals surface area (Å²) < 4.78 is 6.13. The van der Waals surface area contributed by atoms with Crippen LogP contribution in [0.25, 0.3) is 0 Å². The summed E-state index contributed by atoms with van der Waals surface area (Å²) >= 11 is 1.29. The van der Waals surface area contributed by atoms with Crippen LogP contribution < -0.4 is 5.32 Å². The van der Waals surface area contributed by atoms with Crippen molar-refractivity contribution < 1.29 is 23.9 Å². The van der Waals surface area contributed by atoms with Crippen molar-refractivity contribution in [2.75, 3.05) is 52.5 Å². The van der Waals surface area contributed by atoms with Gasteiger partial charge >= 0.3 is 0 Å². The van der Waals surface area contributed by atoms with E-state index in [4.69, 9.17) is 4.74 Å². The Kier molecular flexibility index (Phi) is 8.84. The Morgan fingerprint density at radius 3 is 2.30 bits per heavy atom. The van der Waals surface area contributed by atoms with Crippen LogP contribution in [-0.2, 0) is 19.1 Å². The number of nitrogens with one attached hydrogen (secondary N) is 1. The number of thiazole rings is 1. The highest BCUT2D eigenvalue weighted by Crippen LogP contribution is 2.54. The fourth-order valence-electron chi connectivity index (χ4n) is 7.75. The Morgan fingerprint density at radius 1 is 0.977 bits per heavy atom. The summed E-state index contributed by atoms with van der Waals surface area (Å²) in [5.74, 6) is -0.275. The van der Waals surface area contributed by atoms with Gasteiger partial charge < -0.3 is 24.8 Å². The minimum Gasteiger partial charge on any atom is -0.378 e. The van der Waals surface area contributed by atoms with Gasteiger partial charge in [-0.2, -0.15) is 0 Å². The van der Waals surface area contributed by atoms with E-state index in [9.17, 15) is 19.2 Å². The molecule has 10 nitrogen and oxygen atoms in total. The maximum absolute atomic E-state index is 14.1. The van der Waals surface area contributed by atoms with Gasteiger partial charge in [-0.15, -0.1) is 11.3 Å². The maximum Gasteiger partial charge on any atom is 0.265 e. The number of nitrogens with zero attached hydrogens (tertiary/aromatic N) is 4. The van der Waals surface area contributed by atoms with Crippen molar-refractivity contribution in [2.24, 2.45) is 28.6 Å². The lowest BCUT2D eigenvalue weighted by molar-refractivity contribution is -0.152. The number of aromatic nitrogens is 1. The van der Waals surface area contributed by atoms with Crippen molar-refractivity contribution in [1.29, 1.82) is 0 Å². The Labute approximate surface area is 258 Å². The number of carbonyl (C=O) groups excluding carboxylic acids is 4. The highest BCUT2D eigenvalue weighted by atomic mass is 32.1. The van der Waals surface area contributed by atoms with E-state index in [0.29, 0.717) is 50.1 Å². The highest BCUT2D eigenvalue weighted by molar-refractivity contribution is 7.11. The van der Waals surface area contributed by atoms with Crippen LogP contribution in [0.1, 0.15) is 81.3 Å². The molecule has 0 aromatic carbocycles. The van der Waals surface area contributed by atoms with Crippen molar-refractivity contribution in [3.63, 3.8) is 0 Å². The van der Waals surface area contributed by atoms with Gasteiger partial charge in [0.05, 0.1) is 24.2 Å². The van der Waals surface area contributed by atoms with Crippen molar-refractivity contribution in [3.05, 3.63) is 16.6 Å². The van der Waals surface area contributed by atoms with E-state index in [1.807, 2.05) is 9.80 Å². The molecule has 11 heteroatoms. The van der Waals surface area contributed by atoms with Crippen molar-refractivity contribution in [2.45, 2.75) is 77.7 Å². The van der Waals surface area contributed by atoms with E-state index in [1.54, 1.807) is 16.6 Å². The van der Waals surface area contributed by atoms with Gasteiger partial charge in [-0.3, -0.25) is 24.2 Å². The molecule has 236 valence electrons. The number of ether oxygens (including phenoxy) is 1. The maximum atomic E-state index is 14.1. The molecule has 6 rings (SSSR count). The first kappa shape index (κ1) is 30.5. The first-order valence-corrected chi connectivity index (χ1v) is 17.2. The van der Waals surface area contributed by atoms with Gasteiger partial charge in [0, 0.05) is 57.2 Å². The molecule has 1 N–H and O–H groups in total. The van der Waals surface area contributed by atoms with Crippen LogP contribution >= 0.6 is 11.3 Å². The van der Waals surface area contributed by atoms with Gasteiger partial charge in [-0.25, -0.2) is 0 Å². The lowest BCUT2D eigenvalue weighted by atomic mass is 9.70. The summed E-state index contributed by atoms with van der Waals surface area (Å²) in [6, 6.07) is -0.762. The molecule has 0 unspecified atom stereocenters. The smallest absolute Gasteiger partial charge is 0.265 e. The van der Waals surface area contributed by atoms with Gasteiger partial charge in [-0.05, 0) is 49.9 Å². The first-order chi connectivity index (χ1) is 20.7. The Hall–Kier alpha value is -2.53. The van der Waals surface area contributed by atoms with Gasteiger partial charge in [0.1, 0.15) is 10.9 Å². The normalized spacial score (nSPS) is 27.1. The lowest BCUT2D eigenvalue weighted by Gasteiger charge is -2.50. The van der Waals surface area contributed by atoms with E-state index < -0.39 is 17.4 Å². The molecule has 3 atom stereocenters. The largest absolute Gasteiger partial charge is 0.378 e.